The standard InChI is InChI=1S/C8H11ClN4O4/c1-16-8-12-6(9)11-7(13-8)10-2-3-17-4-5(14)15/h2-4H2,1H3,(H,14,15)(H,10,11,12,13). The number of carboxylic acids is 1. The minimum Gasteiger partial charge on any atom is -0.480 e. The van der Waals surface area contributed by atoms with Gasteiger partial charge in [0.05, 0.1) is 13.7 Å². The van der Waals surface area contributed by atoms with Gasteiger partial charge in [0.25, 0.3) is 0 Å². The first kappa shape index (κ1) is 13.4. The Morgan fingerprint density at radius 1 is 1.47 bits per heavy atom. The highest BCUT2D eigenvalue weighted by Crippen LogP contribution is 2.10. The average molecular weight is 263 g/mol. The highest BCUT2D eigenvalue weighted by Gasteiger charge is 2.04. The summed E-state index contributed by atoms with van der Waals surface area (Å²) < 4.78 is 9.61. The number of anilines is 1. The number of halogens is 1. The number of methoxy groups -OCH3 is 1. The number of hydrogen-bond acceptors (Lipinski definition) is 7. The van der Waals surface area contributed by atoms with Crippen molar-refractivity contribution in [2.45, 2.75) is 0 Å². The quantitative estimate of drug-likeness (QED) is 0.664. The molecule has 0 aliphatic carbocycles. The van der Waals surface area contributed by atoms with Crippen molar-refractivity contribution in [3.63, 3.8) is 0 Å². The summed E-state index contributed by atoms with van der Waals surface area (Å²) in [6.07, 6.45) is 0. The smallest absolute Gasteiger partial charge is 0.329 e. The van der Waals surface area contributed by atoms with Crippen molar-refractivity contribution in [3.05, 3.63) is 5.28 Å². The van der Waals surface area contributed by atoms with E-state index in [9.17, 15) is 4.79 Å². The van der Waals surface area contributed by atoms with Crippen molar-refractivity contribution in [2.24, 2.45) is 0 Å². The number of aliphatic carboxylic acids is 1. The van der Waals surface area contributed by atoms with E-state index in [1.807, 2.05) is 0 Å². The zero-order chi connectivity index (χ0) is 12.7. The summed E-state index contributed by atoms with van der Waals surface area (Å²) in [5.41, 5.74) is 0. The summed E-state index contributed by atoms with van der Waals surface area (Å²) in [4.78, 5) is 21.5. The molecule has 0 atom stereocenters. The van der Waals surface area contributed by atoms with Crippen molar-refractivity contribution in [1.29, 1.82) is 0 Å². The number of carboxylic acid groups (broad SMARTS) is 1. The van der Waals surface area contributed by atoms with Gasteiger partial charge in [-0.05, 0) is 11.6 Å². The number of ether oxygens (including phenoxy) is 2. The first-order valence-electron chi connectivity index (χ1n) is 4.61. The van der Waals surface area contributed by atoms with Gasteiger partial charge in [0.15, 0.2) is 0 Å². The van der Waals surface area contributed by atoms with E-state index in [2.05, 4.69) is 20.3 Å². The van der Waals surface area contributed by atoms with Gasteiger partial charge in [-0.3, -0.25) is 0 Å². The largest absolute Gasteiger partial charge is 0.480 e. The molecule has 0 aliphatic rings. The van der Waals surface area contributed by atoms with E-state index in [0.29, 0.717) is 6.54 Å². The second kappa shape index (κ2) is 6.81. The molecule has 94 valence electrons. The third kappa shape index (κ3) is 5.27. The van der Waals surface area contributed by atoms with Crippen LogP contribution in [0.25, 0.3) is 0 Å². The Labute approximate surface area is 102 Å². The zero-order valence-electron chi connectivity index (χ0n) is 9.01. The van der Waals surface area contributed by atoms with Crippen LogP contribution in [0.4, 0.5) is 5.95 Å². The molecule has 0 bridgehead atoms. The Hall–Kier alpha value is -1.67. The predicted molar refractivity (Wildman–Crippen MR) is 58.3 cm³/mol. The molecule has 0 aromatic carbocycles. The summed E-state index contributed by atoms with van der Waals surface area (Å²) in [5, 5.41) is 11.1. The Morgan fingerprint density at radius 2 is 2.24 bits per heavy atom. The normalized spacial score (nSPS) is 10.0. The van der Waals surface area contributed by atoms with Gasteiger partial charge < -0.3 is 19.9 Å². The first-order chi connectivity index (χ1) is 8.11. The van der Waals surface area contributed by atoms with Crippen LogP contribution in [0.1, 0.15) is 0 Å². The molecule has 0 amide bonds. The molecule has 1 rings (SSSR count). The fourth-order valence-electron chi connectivity index (χ4n) is 0.897. The van der Waals surface area contributed by atoms with Crippen molar-refractivity contribution in [3.8, 4) is 6.01 Å². The molecule has 1 aromatic rings. The van der Waals surface area contributed by atoms with Gasteiger partial charge in [0, 0.05) is 6.54 Å². The third-order valence-electron chi connectivity index (χ3n) is 1.53. The molecule has 0 aliphatic heterocycles. The lowest BCUT2D eigenvalue weighted by molar-refractivity contribution is -0.142. The molecule has 2 N–H and O–H groups in total. The van der Waals surface area contributed by atoms with E-state index < -0.39 is 5.97 Å². The van der Waals surface area contributed by atoms with E-state index in [0.717, 1.165) is 0 Å². The second-order valence-electron chi connectivity index (χ2n) is 2.79. The molecule has 9 heteroatoms. The first-order valence-corrected chi connectivity index (χ1v) is 4.98. The molecule has 0 fully saturated rings. The van der Waals surface area contributed by atoms with E-state index in [1.165, 1.54) is 7.11 Å². The maximum atomic E-state index is 10.1. The molecule has 0 radical (unpaired) electrons. The minimum atomic E-state index is -1.02. The lowest BCUT2D eigenvalue weighted by Crippen LogP contribution is -2.15. The summed E-state index contributed by atoms with van der Waals surface area (Å²) >= 11 is 5.62. The molecule has 0 saturated carbocycles. The monoisotopic (exact) mass is 262 g/mol. The Balaban J connectivity index is 2.36. The molecule has 8 nitrogen and oxygen atoms in total. The molecule has 0 saturated heterocycles. The fraction of sp³-hybridized carbons (Fsp3) is 0.500. The van der Waals surface area contributed by atoms with Crippen molar-refractivity contribution in [2.75, 3.05) is 32.2 Å². The summed E-state index contributed by atoms with van der Waals surface area (Å²) in [6.45, 7) is 0.206. The predicted octanol–water partition coefficient (Wildman–Crippen LogP) is 0.0467. The summed E-state index contributed by atoms with van der Waals surface area (Å²) in [6, 6.07) is 0.0963. The minimum absolute atomic E-state index is 0.00537. The maximum absolute atomic E-state index is 10.1. The average Bonchev–Trinajstić information content (AvgIpc) is 2.27. The molecular weight excluding hydrogens is 252 g/mol. The number of aromatic nitrogens is 3. The van der Waals surface area contributed by atoms with Gasteiger partial charge in [0.1, 0.15) is 6.61 Å². The summed E-state index contributed by atoms with van der Waals surface area (Å²) in [7, 11) is 1.41. The Kier molecular flexibility index (Phi) is 5.37. The van der Waals surface area contributed by atoms with Crippen LogP contribution in [-0.2, 0) is 9.53 Å². The molecule has 0 unspecified atom stereocenters. The number of carbonyl (C=O) groups is 1. The van der Waals surface area contributed by atoms with Crippen LogP contribution in [0.15, 0.2) is 0 Å². The number of rotatable bonds is 7. The van der Waals surface area contributed by atoms with E-state index in [-0.39, 0.29) is 30.5 Å². The van der Waals surface area contributed by atoms with Crippen molar-refractivity contribution < 1.29 is 19.4 Å². The maximum Gasteiger partial charge on any atom is 0.329 e. The number of nitrogens with zero attached hydrogens (tertiary/aromatic N) is 3. The molecule has 1 heterocycles. The van der Waals surface area contributed by atoms with Crippen LogP contribution < -0.4 is 10.1 Å². The van der Waals surface area contributed by atoms with Gasteiger partial charge in [-0.25, -0.2) is 4.79 Å². The fourth-order valence-corrected chi connectivity index (χ4v) is 1.05. The molecular formula is C8H11ClN4O4. The lowest BCUT2D eigenvalue weighted by atomic mass is 10.6. The van der Waals surface area contributed by atoms with Gasteiger partial charge in [-0.15, -0.1) is 0 Å². The topological polar surface area (TPSA) is 106 Å². The molecule has 0 spiro atoms. The van der Waals surface area contributed by atoms with Gasteiger partial charge >= 0.3 is 12.0 Å². The number of hydrogen-bond donors (Lipinski definition) is 2. The SMILES string of the molecule is COc1nc(Cl)nc(NCCOCC(=O)O)n1. The van der Waals surface area contributed by atoms with Crippen LogP contribution in [0.3, 0.4) is 0 Å². The van der Waals surface area contributed by atoms with E-state index in [4.69, 9.17) is 26.2 Å². The highest BCUT2D eigenvalue weighted by atomic mass is 35.5. The highest BCUT2D eigenvalue weighted by molar-refractivity contribution is 6.28. The van der Waals surface area contributed by atoms with Crippen LogP contribution in [0.5, 0.6) is 6.01 Å². The van der Waals surface area contributed by atoms with Gasteiger partial charge in [-0.1, -0.05) is 0 Å². The third-order valence-corrected chi connectivity index (χ3v) is 1.69. The van der Waals surface area contributed by atoms with Crippen LogP contribution >= 0.6 is 11.6 Å². The van der Waals surface area contributed by atoms with Crippen LogP contribution in [-0.4, -0.2) is 52.9 Å². The van der Waals surface area contributed by atoms with E-state index >= 15 is 0 Å². The van der Waals surface area contributed by atoms with Crippen LogP contribution in [0.2, 0.25) is 5.28 Å². The van der Waals surface area contributed by atoms with Crippen molar-refractivity contribution in [1.82, 2.24) is 15.0 Å². The Bertz CT molecular complexity index is 390. The summed E-state index contributed by atoms with van der Waals surface area (Å²) in [5.74, 6) is -0.782. The lowest BCUT2D eigenvalue weighted by Gasteiger charge is -2.05. The van der Waals surface area contributed by atoms with Crippen molar-refractivity contribution >= 4 is 23.5 Å². The zero-order valence-corrected chi connectivity index (χ0v) is 9.77. The Morgan fingerprint density at radius 3 is 2.88 bits per heavy atom. The molecule has 1 aromatic heterocycles. The van der Waals surface area contributed by atoms with Gasteiger partial charge in [-0.2, -0.15) is 15.0 Å². The van der Waals surface area contributed by atoms with Crippen LogP contribution in [0, 0.1) is 0 Å². The van der Waals surface area contributed by atoms with Gasteiger partial charge in [0.2, 0.25) is 11.2 Å². The van der Waals surface area contributed by atoms with E-state index in [1.54, 1.807) is 0 Å². The number of nitrogens with one attached hydrogen (secondary N) is 1. The second-order valence-corrected chi connectivity index (χ2v) is 3.13. The molecule has 17 heavy (non-hydrogen) atoms.